The van der Waals surface area contributed by atoms with Gasteiger partial charge in [0.2, 0.25) is 5.91 Å². The maximum atomic E-state index is 13.5. The largest absolute Gasteiger partial charge is 0.383 e. The lowest BCUT2D eigenvalue weighted by Crippen LogP contribution is -2.43. The maximum Gasteiger partial charge on any atom is 0.262 e. The molecule has 0 N–H and O–H groups in total. The average molecular weight is 473 g/mol. The van der Waals surface area contributed by atoms with Crippen LogP contribution in [0.5, 0.6) is 0 Å². The van der Waals surface area contributed by atoms with Crippen molar-refractivity contribution in [3.63, 3.8) is 0 Å². The van der Waals surface area contributed by atoms with Crippen LogP contribution in [0.1, 0.15) is 50.9 Å². The van der Waals surface area contributed by atoms with E-state index in [1.54, 1.807) is 12.0 Å². The molecule has 1 aromatic carbocycles. The first-order valence-electron chi connectivity index (χ1n) is 11.1. The molecule has 0 bridgehead atoms. The number of ether oxygens (including phenoxy) is 1. The van der Waals surface area contributed by atoms with Crippen molar-refractivity contribution in [3.8, 4) is 0 Å². The highest BCUT2D eigenvalue weighted by molar-refractivity contribution is 6.30. The zero-order valence-electron chi connectivity index (χ0n) is 20.0. The van der Waals surface area contributed by atoms with Crippen molar-refractivity contribution in [1.82, 2.24) is 14.5 Å². The summed E-state index contributed by atoms with van der Waals surface area (Å²) >= 11 is 6.08. The van der Waals surface area contributed by atoms with E-state index < -0.39 is 0 Å². The molecular weight excluding hydrogens is 440 g/mol. The third-order valence-corrected chi connectivity index (χ3v) is 5.84. The lowest BCUT2D eigenvalue weighted by atomic mass is 9.91. The van der Waals surface area contributed by atoms with Gasteiger partial charge in [0.05, 0.1) is 24.1 Å². The van der Waals surface area contributed by atoms with Gasteiger partial charge in [-0.25, -0.2) is 5.01 Å². The molecule has 0 saturated carbocycles. The monoisotopic (exact) mass is 472 g/mol. The fourth-order valence-electron chi connectivity index (χ4n) is 3.90. The topological polar surface area (TPSA) is 67.1 Å². The van der Waals surface area contributed by atoms with Crippen molar-refractivity contribution in [2.75, 3.05) is 26.8 Å². The van der Waals surface area contributed by atoms with E-state index in [1.165, 1.54) is 5.01 Å². The Labute approximate surface area is 201 Å². The van der Waals surface area contributed by atoms with Gasteiger partial charge in [0, 0.05) is 44.8 Å². The molecule has 3 rings (SSSR count). The average Bonchev–Trinajstić information content (AvgIpc) is 3.36. The van der Waals surface area contributed by atoms with E-state index in [9.17, 15) is 9.59 Å². The minimum Gasteiger partial charge on any atom is -0.383 e. The molecule has 2 heterocycles. The summed E-state index contributed by atoms with van der Waals surface area (Å²) < 4.78 is 7.17. The third-order valence-electron chi connectivity index (χ3n) is 5.59. The molecule has 1 atom stereocenters. The number of aromatic nitrogens is 1. The minimum absolute atomic E-state index is 0.0493. The molecule has 7 nitrogen and oxygen atoms in total. The van der Waals surface area contributed by atoms with E-state index >= 15 is 0 Å². The Morgan fingerprint density at radius 1 is 1.21 bits per heavy atom. The minimum atomic E-state index is -0.262. The summed E-state index contributed by atoms with van der Waals surface area (Å²) in [5.41, 5.74) is 2.57. The first-order chi connectivity index (χ1) is 15.6. The van der Waals surface area contributed by atoms with Gasteiger partial charge in [-0.2, -0.15) is 5.10 Å². The summed E-state index contributed by atoms with van der Waals surface area (Å²) in [4.78, 5) is 28.0. The zero-order chi connectivity index (χ0) is 24.2. The second-order valence-electron chi connectivity index (χ2n) is 9.61. The Kier molecular flexibility index (Phi) is 7.97. The van der Waals surface area contributed by atoms with Gasteiger partial charge in [0.15, 0.2) is 0 Å². The molecule has 0 unspecified atom stereocenters. The van der Waals surface area contributed by atoms with Crippen molar-refractivity contribution in [1.29, 1.82) is 0 Å². The first kappa shape index (κ1) is 25.0. The lowest BCUT2D eigenvalue weighted by Gasteiger charge is -2.29. The number of amides is 2. The fraction of sp³-hybridized carbons (Fsp3) is 0.480. The molecule has 2 amide bonds. The number of aryl methyl sites for hydroxylation is 1. The fourth-order valence-corrected chi connectivity index (χ4v) is 4.02. The van der Waals surface area contributed by atoms with E-state index in [4.69, 9.17) is 21.4 Å². The van der Waals surface area contributed by atoms with Crippen LogP contribution in [0.15, 0.2) is 47.7 Å². The number of hydrazone groups is 1. The third kappa shape index (κ3) is 6.45. The molecule has 0 spiro atoms. The molecule has 33 heavy (non-hydrogen) atoms. The van der Waals surface area contributed by atoms with Crippen LogP contribution in [-0.4, -0.2) is 58.8 Å². The summed E-state index contributed by atoms with van der Waals surface area (Å²) in [5.74, 6) is -0.292. The zero-order valence-corrected chi connectivity index (χ0v) is 20.8. The number of hydrogen-bond acceptors (Lipinski definition) is 4. The highest BCUT2D eigenvalue weighted by Gasteiger charge is 2.35. The van der Waals surface area contributed by atoms with E-state index in [1.807, 2.05) is 75.0 Å². The number of methoxy groups -OCH3 is 1. The van der Waals surface area contributed by atoms with Gasteiger partial charge in [-0.3, -0.25) is 9.59 Å². The maximum absolute atomic E-state index is 13.5. The van der Waals surface area contributed by atoms with Crippen LogP contribution < -0.4 is 0 Å². The Hall–Kier alpha value is -2.64. The molecule has 1 aliphatic heterocycles. The second-order valence-corrected chi connectivity index (χ2v) is 10.0. The van der Waals surface area contributed by atoms with Gasteiger partial charge in [-0.05, 0) is 35.2 Å². The summed E-state index contributed by atoms with van der Waals surface area (Å²) in [6, 6.07) is 11.2. The summed E-state index contributed by atoms with van der Waals surface area (Å²) in [5, 5.41) is 6.88. The summed E-state index contributed by atoms with van der Waals surface area (Å²) in [6.45, 7) is 6.69. The molecule has 8 heteroatoms. The molecular formula is C25H33ClN4O3. The van der Waals surface area contributed by atoms with Crippen LogP contribution in [0.4, 0.5) is 0 Å². The number of halogens is 1. The standard InChI is InChI=1S/C25H33ClN4O3/c1-25(2,3)16-23(31)29(13-14-33-5)17-24(32)30-22(18-8-10-19(26)11-9-18)15-20(27-30)21-7-6-12-28(21)4/h6-12,22H,13-17H2,1-5H3/t22-/m0/s1. The molecule has 1 aromatic heterocycles. The van der Waals surface area contributed by atoms with Gasteiger partial charge in [-0.15, -0.1) is 0 Å². The number of carbonyl (C=O) groups excluding carboxylic acids is 2. The van der Waals surface area contributed by atoms with Gasteiger partial charge in [0.25, 0.3) is 5.91 Å². The van der Waals surface area contributed by atoms with Crippen LogP contribution in [-0.2, 0) is 21.4 Å². The summed E-state index contributed by atoms with van der Waals surface area (Å²) in [6.07, 6.45) is 2.89. The quantitative estimate of drug-likeness (QED) is 0.576. The van der Waals surface area contributed by atoms with Crippen LogP contribution in [0.25, 0.3) is 0 Å². The number of benzene rings is 1. The van der Waals surface area contributed by atoms with Crippen molar-refractivity contribution in [2.45, 2.75) is 39.7 Å². The Morgan fingerprint density at radius 2 is 1.91 bits per heavy atom. The molecule has 1 aliphatic rings. The highest BCUT2D eigenvalue weighted by atomic mass is 35.5. The van der Waals surface area contributed by atoms with Crippen molar-refractivity contribution in [2.24, 2.45) is 17.6 Å². The molecule has 0 radical (unpaired) electrons. The number of rotatable bonds is 8. The SMILES string of the molecule is COCCN(CC(=O)N1N=C(c2cccn2C)C[C@H]1c1ccc(Cl)cc1)C(=O)CC(C)(C)C. The van der Waals surface area contributed by atoms with E-state index in [2.05, 4.69) is 0 Å². The number of hydrogen-bond donors (Lipinski definition) is 0. The van der Waals surface area contributed by atoms with E-state index in [0.717, 1.165) is 17.0 Å². The normalized spacial score (nSPS) is 16.1. The Balaban J connectivity index is 1.87. The first-order valence-corrected chi connectivity index (χ1v) is 11.5. The molecule has 0 saturated heterocycles. The molecule has 2 aromatic rings. The van der Waals surface area contributed by atoms with Gasteiger partial charge >= 0.3 is 0 Å². The van der Waals surface area contributed by atoms with Crippen molar-refractivity contribution < 1.29 is 14.3 Å². The van der Waals surface area contributed by atoms with Crippen LogP contribution >= 0.6 is 11.6 Å². The molecule has 0 fully saturated rings. The van der Waals surface area contributed by atoms with Crippen LogP contribution in [0.3, 0.4) is 0 Å². The van der Waals surface area contributed by atoms with E-state index in [0.29, 0.717) is 31.0 Å². The van der Waals surface area contributed by atoms with Crippen molar-refractivity contribution in [3.05, 3.63) is 58.9 Å². The van der Waals surface area contributed by atoms with E-state index in [-0.39, 0.29) is 29.8 Å². The van der Waals surface area contributed by atoms with Crippen molar-refractivity contribution >= 4 is 29.1 Å². The number of carbonyl (C=O) groups is 2. The second kappa shape index (κ2) is 10.5. The Bertz CT molecular complexity index is 1010. The van der Waals surface area contributed by atoms with Gasteiger partial charge < -0.3 is 14.2 Å². The number of nitrogens with zero attached hydrogens (tertiary/aromatic N) is 4. The van der Waals surface area contributed by atoms with Crippen LogP contribution in [0, 0.1) is 5.41 Å². The summed E-state index contributed by atoms with van der Waals surface area (Å²) in [7, 11) is 3.54. The Morgan fingerprint density at radius 3 is 2.48 bits per heavy atom. The molecule has 0 aliphatic carbocycles. The molecule has 178 valence electrons. The predicted molar refractivity (Wildman–Crippen MR) is 130 cm³/mol. The smallest absolute Gasteiger partial charge is 0.262 e. The predicted octanol–water partition coefficient (Wildman–Crippen LogP) is 4.27. The highest BCUT2D eigenvalue weighted by Crippen LogP contribution is 2.33. The van der Waals surface area contributed by atoms with Gasteiger partial charge in [0.1, 0.15) is 6.54 Å². The van der Waals surface area contributed by atoms with Gasteiger partial charge in [-0.1, -0.05) is 44.5 Å². The lowest BCUT2D eigenvalue weighted by molar-refractivity contribution is -0.143. The van der Waals surface area contributed by atoms with Crippen LogP contribution in [0.2, 0.25) is 5.02 Å².